The molecule has 0 fully saturated rings. The Kier molecular flexibility index (Phi) is 5.68. The van der Waals surface area contributed by atoms with E-state index in [0.29, 0.717) is 23.1 Å². The molecule has 0 bridgehead atoms. The minimum absolute atomic E-state index is 0.145. The maximum atomic E-state index is 13.0. The second-order valence-corrected chi connectivity index (χ2v) is 8.27. The van der Waals surface area contributed by atoms with E-state index in [-0.39, 0.29) is 4.90 Å². The maximum absolute atomic E-state index is 13.0. The molecular weight excluding hydrogens is 382 g/mol. The first-order chi connectivity index (χ1) is 12.9. The lowest BCUT2D eigenvalue weighted by molar-refractivity contribution is 0.591. The molecule has 0 aliphatic heterocycles. The van der Waals surface area contributed by atoms with Gasteiger partial charge in [0.15, 0.2) is 0 Å². The second kappa shape index (κ2) is 7.98. The van der Waals surface area contributed by atoms with Gasteiger partial charge in [-0.25, -0.2) is 13.4 Å². The topological polar surface area (TPSA) is 62.3 Å². The highest BCUT2D eigenvalue weighted by atomic mass is 35.5. The van der Waals surface area contributed by atoms with Crippen LogP contribution >= 0.6 is 11.6 Å². The molecule has 27 heavy (non-hydrogen) atoms. The molecule has 0 amide bonds. The van der Waals surface area contributed by atoms with Crippen LogP contribution in [0.2, 0.25) is 5.02 Å². The van der Waals surface area contributed by atoms with Gasteiger partial charge in [-0.1, -0.05) is 29.8 Å². The Balaban J connectivity index is 1.85. The number of nitrogens with zero attached hydrogens (tertiary/aromatic N) is 2. The zero-order valence-corrected chi connectivity index (χ0v) is 16.6. The molecule has 140 valence electrons. The molecular formula is C20H20ClN3O2S. The van der Waals surface area contributed by atoms with E-state index in [4.69, 9.17) is 11.6 Å². The molecule has 0 atom stereocenters. The summed E-state index contributed by atoms with van der Waals surface area (Å²) in [7, 11) is -3.68. The van der Waals surface area contributed by atoms with Crippen molar-refractivity contribution in [3.63, 3.8) is 0 Å². The van der Waals surface area contributed by atoms with Crippen LogP contribution in [0.3, 0.4) is 0 Å². The lowest BCUT2D eigenvalue weighted by Gasteiger charge is -2.22. The second-order valence-electron chi connectivity index (χ2n) is 5.97. The van der Waals surface area contributed by atoms with Gasteiger partial charge in [-0.05, 0) is 61.9 Å². The zero-order chi connectivity index (χ0) is 19.4. The molecule has 3 rings (SSSR count). The van der Waals surface area contributed by atoms with Crippen molar-refractivity contribution in [1.82, 2.24) is 4.98 Å². The number of rotatable bonds is 6. The van der Waals surface area contributed by atoms with E-state index >= 15 is 0 Å². The van der Waals surface area contributed by atoms with Crippen LogP contribution in [0.4, 0.5) is 17.2 Å². The fourth-order valence-corrected chi connectivity index (χ4v) is 4.37. The van der Waals surface area contributed by atoms with Gasteiger partial charge < -0.3 is 5.32 Å². The lowest BCUT2D eigenvalue weighted by atomic mass is 10.2. The highest BCUT2D eigenvalue weighted by Gasteiger charge is 2.23. The Labute approximate surface area is 164 Å². The van der Waals surface area contributed by atoms with Gasteiger partial charge in [-0.15, -0.1) is 0 Å². The summed E-state index contributed by atoms with van der Waals surface area (Å²) in [5.74, 6) is 0.558. The predicted molar refractivity (Wildman–Crippen MR) is 110 cm³/mol. The molecule has 1 N–H and O–H groups in total. The minimum Gasteiger partial charge on any atom is -0.340 e. The van der Waals surface area contributed by atoms with E-state index in [1.165, 1.54) is 10.5 Å². The Morgan fingerprint density at radius 1 is 1.07 bits per heavy atom. The van der Waals surface area contributed by atoms with Gasteiger partial charge >= 0.3 is 0 Å². The number of para-hydroxylation sites is 1. The number of sulfonamides is 1. The summed E-state index contributed by atoms with van der Waals surface area (Å²) in [5, 5.41) is 3.83. The third kappa shape index (κ3) is 4.23. The summed E-state index contributed by atoms with van der Waals surface area (Å²) in [6.07, 6.45) is 1.37. The van der Waals surface area contributed by atoms with E-state index < -0.39 is 10.0 Å². The summed E-state index contributed by atoms with van der Waals surface area (Å²) in [4.78, 5) is 4.41. The highest BCUT2D eigenvalue weighted by Crippen LogP contribution is 2.25. The number of aromatic nitrogens is 1. The molecule has 0 aliphatic carbocycles. The summed E-state index contributed by atoms with van der Waals surface area (Å²) >= 11 is 5.97. The first-order valence-corrected chi connectivity index (χ1v) is 10.3. The Morgan fingerprint density at radius 2 is 1.81 bits per heavy atom. The fourth-order valence-electron chi connectivity index (χ4n) is 2.72. The van der Waals surface area contributed by atoms with Gasteiger partial charge in [0, 0.05) is 23.5 Å². The minimum atomic E-state index is -3.68. The first kappa shape index (κ1) is 19.2. The number of hydrogen-bond donors (Lipinski definition) is 1. The maximum Gasteiger partial charge on any atom is 0.265 e. The molecule has 0 spiro atoms. The summed E-state index contributed by atoms with van der Waals surface area (Å²) in [6, 6.07) is 17.7. The number of aryl methyl sites for hydroxylation is 1. The third-order valence-electron chi connectivity index (χ3n) is 4.11. The van der Waals surface area contributed by atoms with Gasteiger partial charge in [0.05, 0.1) is 5.69 Å². The number of anilines is 3. The quantitative estimate of drug-likeness (QED) is 0.631. The molecule has 0 aliphatic rings. The molecule has 2 aromatic carbocycles. The van der Waals surface area contributed by atoms with Crippen LogP contribution in [0.25, 0.3) is 0 Å². The number of hydrogen-bond acceptors (Lipinski definition) is 4. The largest absolute Gasteiger partial charge is 0.340 e. The van der Waals surface area contributed by atoms with Crippen molar-refractivity contribution >= 4 is 38.8 Å². The van der Waals surface area contributed by atoms with Crippen molar-refractivity contribution in [2.24, 2.45) is 0 Å². The Bertz CT molecular complexity index is 1020. The molecule has 7 heteroatoms. The molecule has 1 aromatic heterocycles. The van der Waals surface area contributed by atoms with Crippen molar-refractivity contribution in [1.29, 1.82) is 0 Å². The zero-order valence-electron chi connectivity index (χ0n) is 15.1. The molecule has 0 radical (unpaired) electrons. The van der Waals surface area contributed by atoms with Crippen molar-refractivity contribution in [3.8, 4) is 0 Å². The Morgan fingerprint density at radius 3 is 2.41 bits per heavy atom. The monoisotopic (exact) mass is 401 g/mol. The van der Waals surface area contributed by atoms with Gasteiger partial charge in [-0.2, -0.15) is 0 Å². The predicted octanol–water partition coefficient (Wildman–Crippen LogP) is 5.00. The fraction of sp³-hybridized carbons (Fsp3) is 0.150. The molecule has 0 saturated heterocycles. The summed E-state index contributed by atoms with van der Waals surface area (Å²) in [6.45, 7) is 4.07. The van der Waals surface area contributed by atoms with Crippen molar-refractivity contribution < 1.29 is 8.42 Å². The van der Waals surface area contributed by atoms with Crippen molar-refractivity contribution in [2.75, 3.05) is 16.2 Å². The molecule has 0 saturated carbocycles. The van der Waals surface area contributed by atoms with Gasteiger partial charge in [0.1, 0.15) is 10.7 Å². The SMILES string of the molecule is CCN(c1ccccc1)S(=O)(=O)c1ccc(Nc2ccc(Cl)cc2C)nc1. The molecule has 3 aromatic rings. The van der Waals surface area contributed by atoms with E-state index in [1.54, 1.807) is 37.3 Å². The van der Waals surface area contributed by atoms with Crippen molar-refractivity contribution in [2.45, 2.75) is 18.7 Å². The van der Waals surface area contributed by atoms with Crippen LogP contribution in [-0.4, -0.2) is 19.9 Å². The molecule has 5 nitrogen and oxygen atoms in total. The number of pyridine rings is 1. The molecule has 0 unspecified atom stereocenters. The smallest absolute Gasteiger partial charge is 0.265 e. The third-order valence-corrected chi connectivity index (χ3v) is 6.23. The van der Waals surface area contributed by atoms with Crippen LogP contribution in [0.5, 0.6) is 0 Å². The van der Waals surface area contributed by atoms with E-state index in [9.17, 15) is 8.42 Å². The summed E-state index contributed by atoms with van der Waals surface area (Å²) in [5.41, 5.74) is 2.46. The Hall–Kier alpha value is -2.57. The van der Waals surface area contributed by atoms with Crippen molar-refractivity contribution in [3.05, 3.63) is 77.4 Å². The van der Waals surface area contributed by atoms with Gasteiger partial charge in [0.2, 0.25) is 0 Å². The number of halogens is 1. The molecule has 1 heterocycles. The average molecular weight is 402 g/mol. The summed E-state index contributed by atoms with van der Waals surface area (Å²) < 4.78 is 27.3. The van der Waals surface area contributed by atoms with Crippen LogP contribution in [-0.2, 0) is 10.0 Å². The van der Waals surface area contributed by atoms with Gasteiger partial charge in [0.25, 0.3) is 10.0 Å². The average Bonchev–Trinajstić information content (AvgIpc) is 2.66. The van der Waals surface area contributed by atoms with Crippen LogP contribution in [0, 0.1) is 6.92 Å². The normalized spacial score (nSPS) is 11.2. The van der Waals surface area contributed by atoms with Crippen LogP contribution in [0.1, 0.15) is 12.5 Å². The van der Waals surface area contributed by atoms with E-state index in [1.807, 2.05) is 37.3 Å². The van der Waals surface area contributed by atoms with E-state index in [2.05, 4.69) is 10.3 Å². The standard InChI is InChI=1S/C20H20ClN3O2S/c1-3-24(17-7-5-4-6-8-17)27(25,26)18-10-12-20(22-14-18)23-19-11-9-16(21)13-15(19)2/h4-14H,3H2,1-2H3,(H,22,23). The first-order valence-electron chi connectivity index (χ1n) is 8.49. The van der Waals surface area contributed by atoms with Crippen LogP contribution in [0.15, 0.2) is 71.8 Å². The van der Waals surface area contributed by atoms with Gasteiger partial charge in [-0.3, -0.25) is 4.31 Å². The lowest BCUT2D eigenvalue weighted by Crippen LogP contribution is -2.30. The van der Waals surface area contributed by atoms with E-state index in [0.717, 1.165) is 11.3 Å². The number of nitrogens with one attached hydrogen (secondary N) is 1. The van der Waals surface area contributed by atoms with Crippen LogP contribution < -0.4 is 9.62 Å². The highest BCUT2D eigenvalue weighted by molar-refractivity contribution is 7.92. The number of benzene rings is 2.